The highest BCUT2D eigenvalue weighted by molar-refractivity contribution is 5.94. The highest BCUT2D eigenvalue weighted by Crippen LogP contribution is 2.28. The van der Waals surface area contributed by atoms with Gasteiger partial charge >= 0.3 is 0 Å². The lowest BCUT2D eigenvalue weighted by molar-refractivity contribution is -0.116. The summed E-state index contributed by atoms with van der Waals surface area (Å²) in [4.78, 5) is 15.3. The predicted molar refractivity (Wildman–Crippen MR) is 72.4 cm³/mol. The van der Waals surface area contributed by atoms with Crippen LogP contribution in [-0.4, -0.2) is 10.9 Å². The van der Waals surface area contributed by atoms with Crippen LogP contribution in [0.5, 0.6) is 11.6 Å². The summed E-state index contributed by atoms with van der Waals surface area (Å²) in [6.45, 7) is 0. The summed E-state index contributed by atoms with van der Waals surface area (Å²) in [6.07, 6.45) is 2.67. The molecular formula is C15H11N3O2. The topological polar surface area (TPSA) is 75.0 Å². The number of amides is 1. The molecule has 98 valence electrons. The average Bonchev–Trinajstić information content (AvgIpc) is 2.48. The van der Waals surface area contributed by atoms with Crippen LogP contribution in [0, 0.1) is 11.3 Å². The molecule has 0 saturated heterocycles. The molecule has 0 saturated carbocycles. The number of pyridine rings is 1. The molecule has 5 nitrogen and oxygen atoms in total. The monoisotopic (exact) mass is 265 g/mol. The Morgan fingerprint density at radius 1 is 1.25 bits per heavy atom. The predicted octanol–water partition coefficient (Wildman–Crippen LogP) is 2.63. The third-order valence-electron chi connectivity index (χ3n) is 3.06. The number of nitrogens with one attached hydrogen (secondary N) is 1. The molecule has 1 N–H and O–H groups in total. The number of nitrogens with zero attached hydrogens (tertiary/aromatic N) is 2. The minimum Gasteiger partial charge on any atom is -0.439 e. The van der Waals surface area contributed by atoms with Gasteiger partial charge in [-0.15, -0.1) is 0 Å². The van der Waals surface area contributed by atoms with Crippen molar-refractivity contribution in [3.63, 3.8) is 0 Å². The zero-order chi connectivity index (χ0) is 13.9. The van der Waals surface area contributed by atoms with Crippen molar-refractivity contribution in [1.82, 2.24) is 4.98 Å². The summed E-state index contributed by atoms with van der Waals surface area (Å²) in [5.74, 6) is 1.14. The molecule has 2 aromatic rings. The second kappa shape index (κ2) is 5.02. The van der Waals surface area contributed by atoms with E-state index in [0.717, 1.165) is 11.3 Å². The van der Waals surface area contributed by atoms with E-state index in [1.165, 1.54) is 6.20 Å². The van der Waals surface area contributed by atoms with Crippen LogP contribution in [0.25, 0.3) is 0 Å². The first kappa shape index (κ1) is 12.2. The van der Waals surface area contributed by atoms with Gasteiger partial charge in [-0.3, -0.25) is 4.79 Å². The molecule has 0 atom stereocenters. The zero-order valence-electron chi connectivity index (χ0n) is 10.6. The van der Waals surface area contributed by atoms with E-state index in [1.807, 2.05) is 18.2 Å². The van der Waals surface area contributed by atoms with E-state index in [2.05, 4.69) is 10.3 Å². The minimum absolute atomic E-state index is 0.0416. The molecule has 3 rings (SSSR count). The minimum atomic E-state index is 0.0416. The number of benzene rings is 1. The van der Waals surface area contributed by atoms with Gasteiger partial charge in [-0.25, -0.2) is 4.98 Å². The Morgan fingerprint density at radius 2 is 2.15 bits per heavy atom. The van der Waals surface area contributed by atoms with E-state index in [0.29, 0.717) is 30.0 Å². The van der Waals surface area contributed by atoms with Gasteiger partial charge in [0.2, 0.25) is 11.8 Å². The number of carbonyl (C=O) groups is 1. The molecule has 0 bridgehead atoms. The van der Waals surface area contributed by atoms with Crippen molar-refractivity contribution >= 4 is 11.6 Å². The fourth-order valence-corrected chi connectivity index (χ4v) is 2.05. The van der Waals surface area contributed by atoms with Crippen molar-refractivity contribution in [2.75, 3.05) is 5.32 Å². The van der Waals surface area contributed by atoms with Crippen LogP contribution < -0.4 is 10.1 Å². The van der Waals surface area contributed by atoms with E-state index >= 15 is 0 Å². The summed E-state index contributed by atoms with van der Waals surface area (Å²) in [5, 5.41) is 11.5. The fraction of sp³-hybridized carbons (Fsp3) is 0.133. The number of fused-ring (bicyclic) bond motifs is 1. The van der Waals surface area contributed by atoms with E-state index in [-0.39, 0.29) is 5.91 Å². The number of anilines is 1. The molecular weight excluding hydrogens is 254 g/mol. The van der Waals surface area contributed by atoms with Crippen LogP contribution in [0.4, 0.5) is 5.69 Å². The normalized spacial score (nSPS) is 13.1. The molecule has 5 heteroatoms. The summed E-state index contributed by atoms with van der Waals surface area (Å²) >= 11 is 0. The highest BCUT2D eigenvalue weighted by atomic mass is 16.5. The molecule has 1 aromatic heterocycles. The molecule has 1 aromatic carbocycles. The van der Waals surface area contributed by atoms with Crippen molar-refractivity contribution in [2.45, 2.75) is 12.8 Å². The van der Waals surface area contributed by atoms with E-state index in [4.69, 9.17) is 10.00 Å². The van der Waals surface area contributed by atoms with E-state index < -0.39 is 0 Å². The molecule has 1 aliphatic rings. The molecule has 1 aliphatic heterocycles. The Hall–Kier alpha value is -2.87. The van der Waals surface area contributed by atoms with Gasteiger partial charge in [0.15, 0.2) is 0 Å². The van der Waals surface area contributed by atoms with Crippen molar-refractivity contribution < 1.29 is 9.53 Å². The maximum Gasteiger partial charge on any atom is 0.224 e. The highest BCUT2D eigenvalue weighted by Gasteiger charge is 2.15. The largest absolute Gasteiger partial charge is 0.439 e. The SMILES string of the molecule is N#Cc1ccc(Oc2ccc3c(c2)CCC(=O)N3)nc1. The Balaban J connectivity index is 1.81. The lowest BCUT2D eigenvalue weighted by atomic mass is 10.0. The molecule has 2 heterocycles. The number of rotatable bonds is 2. The number of hydrogen-bond donors (Lipinski definition) is 1. The van der Waals surface area contributed by atoms with Crippen LogP contribution in [0.2, 0.25) is 0 Å². The second-order valence-corrected chi connectivity index (χ2v) is 4.47. The Bertz CT molecular complexity index is 702. The molecule has 0 aliphatic carbocycles. The van der Waals surface area contributed by atoms with Crippen LogP contribution >= 0.6 is 0 Å². The van der Waals surface area contributed by atoms with Gasteiger partial charge in [-0.1, -0.05) is 0 Å². The van der Waals surface area contributed by atoms with Gasteiger partial charge in [0, 0.05) is 24.4 Å². The quantitative estimate of drug-likeness (QED) is 0.905. The lowest BCUT2D eigenvalue weighted by Crippen LogP contribution is -2.18. The van der Waals surface area contributed by atoms with Crippen LogP contribution in [-0.2, 0) is 11.2 Å². The Morgan fingerprint density at radius 3 is 2.90 bits per heavy atom. The molecule has 0 spiro atoms. The van der Waals surface area contributed by atoms with Crippen LogP contribution in [0.1, 0.15) is 17.5 Å². The maximum absolute atomic E-state index is 11.3. The number of hydrogen-bond acceptors (Lipinski definition) is 4. The second-order valence-electron chi connectivity index (χ2n) is 4.47. The van der Waals surface area contributed by atoms with Crippen LogP contribution in [0.15, 0.2) is 36.5 Å². The van der Waals surface area contributed by atoms with E-state index in [1.54, 1.807) is 18.2 Å². The van der Waals surface area contributed by atoms with Crippen molar-refractivity contribution in [3.8, 4) is 17.7 Å². The molecule has 0 unspecified atom stereocenters. The summed E-state index contributed by atoms with van der Waals surface area (Å²) in [5.41, 5.74) is 2.38. The van der Waals surface area contributed by atoms with Gasteiger partial charge in [-0.2, -0.15) is 5.26 Å². The van der Waals surface area contributed by atoms with Gasteiger partial charge < -0.3 is 10.1 Å². The maximum atomic E-state index is 11.3. The van der Waals surface area contributed by atoms with Crippen molar-refractivity contribution in [2.24, 2.45) is 0 Å². The first-order chi connectivity index (χ1) is 9.74. The fourth-order valence-electron chi connectivity index (χ4n) is 2.05. The summed E-state index contributed by atoms with van der Waals surface area (Å²) < 4.78 is 5.64. The Kier molecular flexibility index (Phi) is 3.05. The molecule has 0 radical (unpaired) electrons. The number of nitriles is 1. The van der Waals surface area contributed by atoms with Crippen molar-refractivity contribution in [3.05, 3.63) is 47.7 Å². The molecule has 1 amide bonds. The summed E-state index contributed by atoms with van der Waals surface area (Å²) in [7, 11) is 0. The number of aryl methyl sites for hydroxylation is 1. The smallest absolute Gasteiger partial charge is 0.224 e. The van der Waals surface area contributed by atoms with Gasteiger partial charge in [0.05, 0.1) is 5.56 Å². The number of aromatic nitrogens is 1. The molecule has 20 heavy (non-hydrogen) atoms. The number of ether oxygens (including phenoxy) is 1. The average molecular weight is 265 g/mol. The lowest BCUT2D eigenvalue weighted by Gasteiger charge is -2.17. The Labute approximate surface area is 115 Å². The number of carbonyl (C=O) groups excluding carboxylic acids is 1. The van der Waals surface area contributed by atoms with Gasteiger partial charge in [-0.05, 0) is 36.2 Å². The van der Waals surface area contributed by atoms with Gasteiger partial charge in [0.25, 0.3) is 0 Å². The zero-order valence-corrected chi connectivity index (χ0v) is 10.6. The first-order valence-corrected chi connectivity index (χ1v) is 6.21. The van der Waals surface area contributed by atoms with E-state index in [9.17, 15) is 4.79 Å². The van der Waals surface area contributed by atoms with Crippen LogP contribution in [0.3, 0.4) is 0 Å². The first-order valence-electron chi connectivity index (χ1n) is 6.21. The van der Waals surface area contributed by atoms with Crippen molar-refractivity contribution in [1.29, 1.82) is 5.26 Å². The van der Waals surface area contributed by atoms with Gasteiger partial charge in [0.1, 0.15) is 11.8 Å². The summed E-state index contributed by atoms with van der Waals surface area (Å²) in [6, 6.07) is 10.8. The third kappa shape index (κ3) is 2.45. The molecule has 0 fully saturated rings. The standard InChI is InChI=1S/C15H11N3O2/c16-8-10-1-6-15(17-9-10)20-12-3-4-13-11(7-12)2-5-14(19)18-13/h1,3-4,6-7,9H,2,5H2,(H,18,19). The third-order valence-corrected chi connectivity index (χ3v) is 3.06.